The number of carbonyl (C=O) groups excluding carboxylic acids is 1. The number of ketones is 1. The molecule has 34 nitrogen and oxygen atoms in total. The van der Waals surface area contributed by atoms with Crippen LogP contribution in [0, 0.1) is 0 Å². The van der Waals surface area contributed by atoms with E-state index in [9.17, 15) is 82.6 Å². The summed E-state index contributed by atoms with van der Waals surface area (Å²) in [6.07, 6.45) is 1.45. The fourth-order valence-corrected chi connectivity index (χ4v) is 10.8. The molecule has 2 heterocycles. The number of aromatic nitrogens is 6. The quantitative estimate of drug-likeness (QED) is 0.0237. The first-order valence-electron chi connectivity index (χ1n) is 21.1. The van der Waals surface area contributed by atoms with Crippen LogP contribution in [-0.2, 0) is 60.7 Å². The van der Waals surface area contributed by atoms with Crippen molar-refractivity contribution in [3.05, 3.63) is 119 Å². The SMILES string of the molecule is Nc1c(N=Nc2cc(Nc3nc(Cl)nc(Nc4cccc(S(=O)(=O)O)c4)n3)ccc2S(=O)(=O)O)c(S(=O)(=O)O)cc2c1C(=O)/C(=N\Nc1cc(Nc3ncnc(Nc4cccc(S(=O)(=O)O)c4)n3)ccc1S(=O)(=O)O)C(S(=O)(=O)O)=C2. The summed E-state index contributed by atoms with van der Waals surface area (Å²) in [5.74, 6) is -2.73. The number of carbonyl (C=O) groups is 1. The third-order valence-corrected chi connectivity index (χ3v) is 15.8. The van der Waals surface area contributed by atoms with Gasteiger partial charge in [-0.1, -0.05) is 12.1 Å². The fraction of sp³-hybridized carbons (Fsp3) is 0. The lowest BCUT2D eigenvalue weighted by atomic mass is 9.92. The van der Waals surface area contributed by atoms with Gasteiger partial charge in [0.05, 0.1) is 26.7 Å². The molecule has 0 unspecified atom stereocenters. The van der Waals surface area contributed by atoms with Crippen LogP contribution in [0.5, 0.6) is 0 Å². The molecule has 422 valence electrons. The number of fused-ring (bicyclic) bond motifs is 1. The van der Waals surface area contributed by atoms with E-state index in [2.05, 4.69) is 71.9 Å². The number of azo groups is 1. The number of nitrogens with one attached hydrogen (secondary N) is 5. The van der Waals surface area contributed by atoms with Crippen molar-refractivity contribution in [2.45, 2.75) is 24.5 Å². The van der Waals surface area contributed by atoms with Crippen molar-refractivity contribution >= 4 is 159 Å². The molecule has 1 aliphatic rings. The number of halogens is 1. The average Bonchev–Trinajstić information content (AvgIpc) is 3.39. The third-order valence-electron chi connectivity index (χ3n) is 10.4. The van der Waals surface area contributed by atoms with Crippen LogP contribution in [0.1, 0.15) is 15.9 Å². The molecule has 2 aromatic heterocycles. The zero-order valence-corrected chi connectivity index (χ0v) is 44.9. The maximum absolute atomic E-state index is 14.3. The summed E-state index contributed by atoms with van der Waals surface area (Å²) in [6, 6.07) is 15.5. The van der Waals surface area contributed by atoms with Gasteiger partial charge in [-0.15, -0.1) is 10.2 Å². The Morgan fingerprint density at radius 3 is 1.49 bits per heavy atom. The number of nitrogens with zero attached hydrogens (tertiary/aromatic N) is 9. The Kier molecular flexibility index (Phi) is 15.7. The highest BCUT2D eigenvalue weighted by molar-refractivity contribution is 7.91. The highest BCUT2D eigenvalue weighted by Crippen LogP contribution is 2.42. The largest absolute Gasteiger partial charge is 0.396 e. The Bertz CT molecular complexity index is 4630. The molecular weight excluding hydrogens is 1220 g/mol. The van der Waals surface area contributed by atoms with Crippen molar-refractivity contribution in [3.63, 3.8) is 0 Å². The molecule has 0 amide bonds. The van der Waals surface area contributed by atoms with Gasteiger partial charge >= 0.3 is 0 Å². The zero-order valence-electron chi connectivity index (χ0n) is 39.2. The average molecular weight is 1250 g/mol. The van der Waals surface area contributed by atoms with E-state index in [1.54, 1.807) is 0 Å². The molecule has 0 aliphatic heterocycles. The topological polar surface area (TPSA) is 544 Å². The second-order valence-electron chi connectivity index (χ2n) is 15.9. The van der Waals surface area contributed by atoms with Gasteiger partial charge in [-0.3, -0.25) is 37.5 Å². The predicted octanol–water partition coefficient (Wildman–Crippen LogP) is 4.81. The van der Waals surface area contributed by atoms with Gasteiger partial charge in [-0.2, -0.15) is 75.5 Å². The number of allylic oxidation sites excluding steroid dienone is 1. The molecule has 13 N–H and O–H groups in total. The second-order valence-corrected chi connectivity index (χ2v) is 24.6. The van der Waals surface area contributed by atoms with E-state index >= 15 is 0 Å². The zero-order chi connectivity index (χ0) is 59.2. The molecule has 8 rings (SSSR count). The van der Waals surface area contributed by atoms with Crippen molar-refractivity contribution in [3.8, 4) is 0 Å². The van der Waals surface area contributed by atoms with Crippen molar-refractivity contribution in [2.24, 2.45) is 15.3 Å². The molecule has 81 heavy (non-hydrogen) atoms. The van der Waals surface area contributed by atoms with E-state index in [-0.39, 0.29) is 46.5 Å². The number of rotatable bonds is 18. The molecule has 0 radical (unpaired) electrons. The van der Waals surface area contributed by atoms with Gasteiger partial charge in [0.25, 0.3) is 60.7 Å². The standard InChI is InChI=1S/C40H30ClN15O19S6/c41-36-49-39(47-20-4-2-6-24(14-20)77(61,62)63)52-40(50-36)48-22-8-10-27(78(64,65)66)25(16-22)53-55-33-29(80(70,71)72)11-18-12-30(81(73,74)75)34(35(57)31(18)32(33)42)56-54-26-15-21(7-9-28(26)79(67,68)69)46-38-44-17-43-37(51-38)45-19-3-1-5-23(13-19)76(58,59)60/h1-17,54H,42H2,(H,58,59,60)(H,61,62,63)(H,64,65,66)(H,67,68,69)(H,70,71,72)(H,73,74,75)(H2,43,44,45,46,51)(H2,47,48,49,50,52)/b55-53?,56-34-. The number of hydrogen-bond donors (Lipinski definition) is 12. The van der Waals surface area contributed by atoms with E-state index in [4.69, 9.17) is 17.3 Å². The van der Waals surface area contributed by atoms with Gasteiger partial charge in [-0.25, -0.2) is 9.97 Å². The van der Waals surface area contributed by atoms with E-state index in [0.717, 1.165) is 67.0 Å². The Morgan fingerprint density at radius 2 is 0.988 bits per heavy atom. The van der Waals surface area contributed by atoms with E-state index < -0.39 is 141 Å². The van der Waals surface area contributed by atoms with Crippen LogP contribution in [0.15, 0.2) is 142 Å². The molecule has 1 aliphatic carbocycles. The molecule has 0 atom stereocenters. The lowest BCUT2D eigenvalue weighted by molar-refractivity contribution is 0.106. The van der Waals surface area contributed by atoms with Gasteiger partial charge in [0, 0.05) is 22.7 Å². The molecule has 0 saturated carbocycles. The van der Waals surface area contributed by atoms with Gasteiger partial charge in [0.2, 0.25) is 34.9 Å². The normalized spacial score (nSPS) is 13.8. The Morgan fingerprint density at radius 1 is 0.506 bits per heavy atom. The molecule has 0 saturated heterocycles. The minimum absolute atomic E-state index is 0.0460. The lowest BCUT2D eigenvalue weighted by Gasteiger charge is -2.20. The summed E-state index contributed by atoms with van der Waals surface area (Å²) < 4.78 is 208. The Balaban J connectivity index is 1.14. The van der Waals surface area contributed by atoms with Crippen LogP contribution >= 0.6 is 11.6 Å². The van der Waals surface area contributed by atoms with Gasteiger partial charge in [0.1, 0.15) is 37.3 Å². The van der Waals surface area contributed by atoms with Crippen molar-refractivity contribution < 1.29 is 82.6 Å². The van der Waals surface area contributed by atoms with Gasteiger partial charge in [0.15, 0.2) is 5.71 Å². The minimum Gasteiger partial charge on any atom is -0.396 e. The molecular formula is C40H30ClN15O19S6. The van der Waals surface area contributed by atoms with Crippen molar-refractivity contribution in [1.29, 1.82) is 0 Å². The number of benzene rings is 5. The van der Waals surface area contributed by atoms with Gasteiger partial charge < -0.3 is 27.0 Å². The van der Waals surface area contributed by atoms with Crippen molar-refractivity contribution in [2.75, 3.05) is 32.4 Å². The predicted molar refractivity (Wildman–Crippen MR) is 283 cm³/mol. The number of nitrogen functional groups attached to an aromatic ring is 1. The number of hydrazone groups is 1. The summed E-state index contributed by atoms with van der Waals surface area (Å²) in [7, 11) is -30.8. The van der Waals surface area contributed by atoms with Crippen molar-refractivity contribution in [1.82, 2.24) is 29.9 Å². The lowest BCUT2D eigenvalue weighted by Crippen LogP contribution is -2.28. The summed E-state index contributed by atoms with van der Waals surface area (Å²) in [5.41, 5.74) is 1.65. The Hall–Kier alpha value is -8.65. The molecule has 7 aromatic rings. The number of Topliss-reactive ketones (excluding diaryl/α,β-unsaturated/α-hetero) is 1. The summed E-state index contributed by atoms with van der Waals surface area (Å²) in [4.78, 5) is 32.5. The van der Waals surface area contributed by atoms with E-state index in [1.807, 2.05) is 0 Å². The summed E-state index contributed by atoms with van der Waals surface area (Å²) in [6.45, 7) is 0. The third kappa shape index (κ3) is 13.9. The molecule has 0 fully saturated rings. The maximum Gasteiger partial charge on any atom is 0.296 e. The first-order valence-corrected chi connectivity index (χ1v) is 30.1. The molecule has 0 bridgehead atoms. The maximum atomic E-state index is 14.3. The molecule has 5 aromatic carbocycles. The number of nitrogens with two attached hydrogens (primary N) is 1. The smallest absolute Gasteiger partial charge is 0.296 e. The monoisotopic (exact) mass is 1250 g/mol. The minimum atomic E-state index is -5.58. The van der Waals surface area contributed by atoms with Crippen LogP contribution in [0.25, 0.3) is 6.08 Å². The van der Waals surface area contributed by atoms with Crippen LogP contribution in [0.4, 0.5) is 69.3 Å². The second kappa shape index (κ2) is 21.8. The van der Waals surface area contributed by atoms with E-state index in [1.165, 1.54) is 24.3 Å². The highest BCUT2D eigenvalue weighted by atomic mass is 35.5. The van der Waals surface area contributed by atoms with Gasteiger partial charge in [-0.05, 0) is 102 Å². The van der Waals surface area contributed by atoms with Crippen LogP contribution in [-0.4, -0.2) is 119 Å². The first-order chi connectivity index (χ1) is 37.6. The van der Waals surface area contributed by atoms with Crippen LogP contribution in [0.2, 0.25) is 5.28 Å². The first kappa shape index (κ1) is 58.5. The fourth-order valence-electron chi connectivity index (χ4n) is 6.99. The number of hydrogen-bond acceptors (Lipinski definition) is 28. The molecule has 0 spiro atoms. The summed E-state index contributed by atoms with van der Waals surface area (Å²) >= 11 is 6.08. The van der Waals surface area contributed by atoms with E-state index in [0.29, 0.717) is 12.1 Å². The van der Waals surface area contributed by atoms with Crippen LogP contribution in [0.3, 0.4) is 0 Å². The molecule has 41 heteroatoms. The van der Waals surface area contributed by atoms with Crippen LogP contribution < -0.4 is 32.4 Å². The summed E-state index contributed by atoms with van der Waals surface area (Å²) in [5, 5.41) is 21.3. The number of anilines is 10. The highest BCUT2D eigenvalue weighted by Gasteiger charge is 2.37. The Labute approximate surface area is 459 Å².